The van der Waals surface area contributed by atoms with Crippen LogP contribution in [0.1, 0.15) is 113 Å². The van der Waals surface area contributed by atoms with E-state index in [0.717, 1.165) is 73.4 Å². The Balaban J connectivity index is 0.000000329. The van der Waals surface area contributed by atoms with E-state index in [1.807, 2.05) is 49.4 Å². The van der Waals surface area contributed by atoms with Gasteiger partial charge in [0, 0.05) is 25.3 Å². The zero-order valence-electron chi connectivity index (χ0n) is 38.4. The monoisotopic (exact) mass is 849 g/mol. The zero-order chi connectivity index (χ0) is 44.7. The molecule has 0 aliphatic heterocycles. The fourth-order valence-corrected chi connectivity index (χ4v) is 8.40. The van der Waals surface area contributed by atoms with Gasteiger partial charge in [0.1, 0.15) is 0 Å². The minimum absolute atomic E-state index is 0. The van der Waals surface area contributed by atoms with Crippen LogP contribution in [0.25, 0.3) is 0 Å². The molecule has 0 aromatic heterocycles. The summed E-state index contributed by atoms with van der Waals surface area (Å²) in [6.07, 6.45) is 4.31. The first-order valence-corrected chi connectivity index (χ1v) is 21.6. The molecule has 0 saturated heterocycles. The van der Waals surface area contributed by atoms with Gasteiger partial charge >= 0.3 is 5.97 Å². The molecule has 4 aromatic rings. The second-order valence-electron chi connectivity index (χ2n) is 17.0. The average molecular weight is 849 g/mol. The van der Waals surface area contributed by atoms with Crippen LogP contribution in [0.15, 0.2) is 84.9 Å². The van der Waals surface area contributed by atoms with Gasteiger partial charge in [-0.05, 0) is 123 Å². The first-order valence-electron chi connectivity index (χ1n) is 21.6. The van der Waals surface area contributed by atoms with E-state index in [4.69, 9.17) is 23.7 Å². The van der Waals surface area contributed by atoms with Crippen molar-refractivity contribution in [2.75, 3.05) is 48.6 Å². The molecule has 4 aromatic carbocycles. The maximum Gasteiger partial charge on any atom is 0.303 e. The number of ketones is 1. The Bertz CT molecular complexity index is 2070. The van der Waals surface area contributed by atoms with Crippen LogP contribution in [-0.2, 0) is 32.6 Å². The van der Waals surface area contributed by atoms with Gasteiger partial charge in [-0.15, -0.1) is 0 Å². The molecule has 336 valence electrons. The number of rotatable bonds is 18. The Hall–Kier alpha value is -5.33. The third-order valence-corrected chi connectivity index (χ3v) is 12.1. The highest BCUT2D eigenvalue weighted by atomic mass is 16.5. The first kappa shape index (κ1) is 51.0. The summed E-state index contributed by atoms with van der Waals surface area (Å²) in [4.78, 5) is 27.8. The number of methoxy groups -OCH3 is 4. The van der Waals surface area contributed by atoms with E-state index in [2.05, 4.69) is 88.2 Å². The molecule has 9 heteroatoms. The molecule has 0 heterocycles. The van der Waals surface area contributed by atoms with Crippen LogP contribution in [0.5, 0.6) is 23.0 Å². The Kier molecular flexibility index (Phi) is 20.0. The quantitative estimate of drug-likeness (QED) is 0.0714. The summed E-state index contributed by atoms with van der Waals surface area (Å²) in [5.41, 5.74) is 6.10. The number of fused-ring (bicyclic) bond motifs is 1. The minimum atomic E-state index is -0.746. The lowest BCUT2D eigenvalue weighted by Crippen LogP contribution is -2.35. The zero-order valence-corrected chi connectivity index (χ0v) is 38.4. The summed E-state index contributed by atoms with van der Waals surface area (Å²) < 4.78 is 27.2. The highest BCUT2D eigenvalue weighted by Gasteiger charge is 2.41. The number of hydrogen-bond acceptors (Lipinski definition) is 9. The van der Waals surface area contributed by atoms with Crippen LogP contribution >= 0.6 is 0 Å². The van der Waals surface area contributed by atoms with E-state index in [1.54, 1.807) is 28.4 Å². The highest BCUT2D eigenvalue weighted by molar-refractivity contribution is 5.93. The molecule has 0 radical (unpaired) electrons. The van der Waals surface area contributed by atoms with Crippen molar-refractivity contribution in [2.45, 2.75) is 111 Å². The van der Waals surface area contributed by atoms with E-state index in [9.17, 15) is 14.9 Å². The van der Waals surface area contributed by atoms with Gasteiger partial charge in [0.25, 0.3) is 0 Å². The van der Waals surface area contributed by atoms with Crippen molar-refractivity contribution in [2.24, 2.45) is 11.8 Å². The molecule has 0 bridgehead atoms. The minimum Gasteiger partial charge on any atom is -0.493 e. The SMILES string of the molecule is C.CC(=O)OC1C(=O)C(CCC(C)C)c2ccccc2CC1c1ccc(C)cc1.COc1ccc(CCN(C)CCCC(C#N)(c2ccc(OC)c(OC)c2)C(C)C)cc1OC. The van der Waals surface area contributed by atoms with Crippen LogP contribution < -0.4 is 18.9 Å². The van der Waals surface area contributed by atoms with Crippen molar-refractivity contribution in [3.63, 3.8) is 0 Å². The van der Waals surface area contributed by atoms with Crippen molar-refractivity contribution in [3.8, 4) is 29.1 Å². The second kappa shape index (κ2) is 24.3. The van der Waals surface area contributed by atoms with E-state index >= 15 is 0 Å². The number of carbonyl (C=O) groups excluding carboxylic acids is 2. The van der Waals surface area contributed by atoms with Crippen molar-refractivity contribution >= 4 is 11.8 Å². The van der Waals surface area contributed by atoms with Gasteiger partial charge in [-0.3, -0.25) is 9.59 Å². The molecule has 4 atom stereocenters. The molecular formula is C53H72N2O7. The van der Waals surface area contributed by atoms with Gasteiger partial charge in [-0.2, -0.15) is 5.26 Å². The normalized spacial score (nSPS) is 16.7. The second-order valence-corrected chi connectivity index (χ2v) is 17.0. The number of nitrogens with zero attached hydrogens (tertiary/aromatic N) is 2. The number of esters is 1. The smallest absolute Gasteiger partial charge is 0.303 e. The van der Waals surface area contributed by atoms with Gasteiger partial charge in [-0.25, -0.2) is 0 Å². The molecule has 0 spiro atoms. The molecular weight excluding hydrogens is 777 g/mol. The number of hydrogen-bond donors (Lipinski definition) is 0. The molecule has 5 rings (SSSR count). The molecule has 0 fully saturated rings. The molecule has 0 saturated carbocycles. The van der Waals surface area contributed by atoms with Crippen LogP contribution in [-0.4, -0.2) is 71.3 Å². The number of nitriles is 1. The highest BCUT2D eigenvalue weighted by Crippen LogP contribution is 2.42. The lowest BCUT2D eigenvalue weighted by atomic mass is 9.69. The Labute approximate surface area is 372 Å². The molecule has 4 unspecified atom stereocenters. The summed E-state index contributed by atoms with van der Waals surface area (Å²) in [6, 6.07) is 30.9. The summed E-state index contributed by atoms with van der Waals surface area (Å²) in [5, 5.41) is 10.2. The summed E-state index contributed by atoms with van der Waals surface area (Å²) in [7, 11) is 8.67. The van der Waals surface area contributed by atoms with Crippen molar-refractivity contribution in [3.05, 3.63) is 118 Å². The van der Waals surface area contributed by atoms with Crippen molar-refractivity contribution < 1.29 is 33.3 Å². The van der Waals surface area contributed by atoms with Crippen LogP contribution in [0.3, 0.4) is 0 Å². The largest absolute Gasteiger partial charge is 0.493 e. The van der Waals surface area contributed by atoms with Crippen LogP contribution in [0.4, 0.5) is 0 Å². The lowest BCUT2D eigenvalue weighted by molar-refractivity contribution is -0.155. The topological polar surface area (TPSA) is 107 Å². The standard InChI is InChI=1S/C27H38N2O4.C25H30O3.CH4/c1-20(2)27(19-28,22-10-12-24(31-5)26(18-22)33-7)14-8-15-29(3)16-13-21-9-11-23(30-4)25(17-21)32-6;1-16(2)9-14-22-21-8-6-5-7-20(21)15-23(19-12-10-17(3)11-13-19)25(24(22)27)28-18(4)26;/h9-12,17-18,20H,8,13-16H2,1-7H3;5-8,10-13,16,22-23,25H,9,14-15H2,1-4H3;1H4. The maximum absolute atomic E-state index is 13.6. The van der Waals surface area contributed by atoms with Crippen LogP contribution in [0, 0.1) is 30.1 Å². The Morgan fingerprint density at radius 3 is 2.03 bits per heavy atom. The van der Waals surface area contributed by atoms with Crippen molar-refractivity contribution in [1.82, 2.24) is 4.90 Å². The number of aryl methyl sites for hydroxylation is 1. The fraction of sp³-hybridized carbons (Fsp3) is 0.491. The van der Waals surface area contributed by atoms with Gasteiger partial charge in [0.15, 0.2) is 34.9 Å². The predicted molar refractivity (Wildman–Crippen MR) is 250 cm³/mol. The predicted octanol–water partition coefficient (Wildman–Crippen LogP) is 11.1. The molecule has 0 N–H and O–H groups in total. The van der Waals surface area contributed by atoms with Crippen molar-refractivity contribution in [1.29, 1.82) is 5.26 Å². The number of likely N-dealkylation sites (N-methyl/N-ethyl adjacent to an activating group) is 1. The Morgan fingerprint density at radius 2 is 1.45 bits per heavy atom. The van der Waals surface area contributed by atoms with Gasteiger partial charge in [-0.1, -0.05) is 101 Å². The van der Waals surface area contributed by atoms with E-state index in [0.29, 0.717) is 23.8 Å². The number of benzene rings is 4. The summed E-state index contributed by atoms with van der Waals surface area (Å²) in [6.45, 7) is 13.8. The summed E-state index contributed by atoms with van der Waals surface area (Å²) >= 11 is 0. The molecule has 9 nitrogen and oxygen atoms in total. The number of Topliss-reactive ketones (excluding diaryl/α,β-unsaturated/α-hetero) is 1. The number of ether oxygens (including phenoxy) is 5. The third-order valence-electron chi connectivity index (χ3n) is 12.1. The van der Waals surface area contributed by atoms with E-state index in [-0.39, 0.29) is 31.0 Å². The lowest BCUT2D eigenvalue weighted by Gasteiger charge is -2.32. The summed E-state index contributed by atoms with van der Waals surface area (Å²) in [5.74, 6) is 2.75. The molecule has 62 heavy (non-hydrogen) atoms. The van der Waals surface area contributed by atoms with E-state index < -0.39 is 17.5 Å². The molecule has 1 aliphatic carbocycles. The number of carbonyl (C=O) groups is 2. The van der Waals surface area contributed by atoms with E-state index in [1.165, 1.54) is 23.6 Å². The third kappa shape index (κ3) is 13.1. The van der Waals surface area contributed by atoms with Crippen LogP contribution in [0.2, 0.25) is 0 Å². The molecule has 1 aliphatic rings. The van der Waals surface area contributed by atoms with Gasteiger partial charge in [0.2, 0.25) is 0 Å². The first-order chi connectivity index (χ1) is 29.2. The fourth-order valence-electron chi connectivity index (χ4n) is 8.40. The van der Waals surface area contributed by atoms with Gasteiger partial charge in [0.05, 0.1) is 39.9 Å². The molecule has 0 amide bonds. The maximum atomic E-state index is 13.6. The average Bonchev–Trinajstić information content (AvgIpc) is 3.36. The van der Waals surface area contributed by atoms with Gasteiger partial charge < -0.3 is 28.6 Å². The Morgan fingerprint density at radius 1 is 0.839 bits per heavy atom.